The van der Waals surface area contributed by atoms with Gasteiger partial charge in [-0.15, -0.1) is 0 Å². The Labute approximate surface area is 112 Å². The van der Waals surface area contributed by atoms with E-state index in [1.165, 1.54) is 12.8 Å². The molecule has 0 aromatic carbocycles. The van der Waals surface area contributed by atoms with E-state index in [4.69, 9.17) is 5.73 Å². The average molecular weight is 254 g/mol. The molecule has 0 aromatic rings. The summed E-state index contributed by atoms with van der Waals surface area (Å²) in [5, 5.41) is 0. The van der Waals surface area contributed by atoms with Gasteiger partial charge in [-0.3, -0.25) is 4.79 Å². The Kier molecular flexibility index (Phi) is 6.69. The number of nitrogens with zero attached hydrogens (tertiary/aromatic N) is 1. The summed E-state index contributed by atoms with van der Waals surface area (Å²) in [5.74, 6) is 2.07. The van der Waals surface area contributed by atoms with E-state index < -0.39 is 0 Å². The van der Waals surface area contributed by atoms with E-state index in [9.17, 15) is 4.79 Å². The van der Waals surface area contributed by atoms with E-state index in [1.54, 1.807) is 0 Å². The molecule has 1 saturated carbocycles. The predicted octanol–water partition coefficient (Wildman–Crippen LogP) is 2.65. The summed E-state index contributed by atoms with van der Waals surface area (Å²) in [4.78, 5) is 14.2. The Hall–Kier alpha value is -0.570. The molecule has 1 aliphatic carbocycles. The van der Waals surface area contributed by atoms with Crippen molar-refractivity contribution in [3.63, 3.8) is 0 Å². The third-order valence-electron chi connectivity index (χ3n) is 4.19. The maximum Gasteiger partial charge on any atom is 0.225 e. The van der Waals surface area contributed by atoms with Gasteiger partial charge in [-0.05, 0) is 56.9 Å². The van der Waals surface area contributed by atoms with Crippen molar-refractivity contribution in [2.75, 3.05) is 20.1 Å². The van der Waals surface area contributed by atoms with Gasteiger partial charge in [-0.2, -0.15) is 0 Å². The summed E-state index contributed by atoms with van der Waals surface area (Å²) in [6, 6.07) is 0. The van der Waals surface area contributed by atoms with Crippen LogP contribution in [0.15, 0.2) is 0 Å². The second-order valence-electron chi connectivity index (χ2n) is 6.24. The van der Waals surface area contributed by atoms with E-state index in [-0.39, 0.29) is 5.92 Å². The Balaban J connectivity index is 2.30. The van der Waals surface area contributed by atoms with Gasteiger partial charge >= 0.3 is 0 Å². The lowest BCUT2D eigenvalue weighted by atomic mass is 9.80. The molecule has 106 valence electrons. The zero-order chi connectivity index (χ0) is 13.5. The number of carbonyl (C=O) groups excluding carboxylic acids is 1. The molecule has 0 radical (unpaired) electrons. The molecule has 3 nitrogen and oxygen atoms in total. The van der Waals surface area contributed by atoms with Crippen LogP contribution in [0.3, 0.4) is 0 Å². The summed E-state index contributed by atoms with van der Waals surface area (Å²) >= 11 is 0. The molecule has 18 heavy (non-hydrogen) atoms. The van der Waals surface area contributed by atoms with Gasteiger partial charge in [0.05, 0.1) is 0 Å². The molecule has 0 saturated heterocycles. The fourth-order valence-electron chi connectivity index (χ4n) is 2.81. The molecule has 1 rings (SSSR count). The molecule has 0 heterocycles. The summed E-state index contributed by atoms with van der Waals surface area (Å²) in [6.45, 7) is 6.10. The molecule has 0 spiro atoms. The van der Waals surface area contributed by atoms with Gasteiger partial charge in [0.15, 0.2) is 0 Å². The first-order valence-corrected chi connectivity index (χ1v) is 7.49. The second kappa shape index (κ2) is 7.78. The van der Waals surface area contributed by atoms with Crippen molar-refractivity contribution in [3.8, 4) is 0 Å². The van der Waals surface area contributed by atoms with Crippen molar-refractivity contribution in [1.82, 2.24) is 4.90 Å². The van der Waals surface area contributed by atoms with Gasteiger partial charge < -0.3 is 10.6 Å². The topological polar surface area (TPSA) is 46.3 Å². The van der Waals surface area contributed by atoms with E-state index in [0.717, 1.165) is 44.7 Å². The second-order valence-corrected chi connectivity index (χ2v) is 6.24. The first-order chi connectivity index (χ1) is 8.54. The number of hydrogen-bond acceptors (Lipinski definition) is 2. The molecular formula is C15H30N2O. The number of amides is 1. The van der Waals surface area contributed by atoms with Crippen LogP contribution < -0.4 is 5.73 Å². The molecule has 1 aliphatic rings. The third kappa shape index (κ3) is 4.97. The number of hydrogen-bond donors (Lipinski definition) is 1. The van der Waals surface area contributed by atoms with Crippen molar-refractivity contribution < 1.29 is 4.79 Å². The Morgan fingerprint density at radius 1 is 1.28 bits per heavy atom. The molecule has 3 heteroatoms. The maximum atomic E-state index is 12.3. The quantitative estimate of drug-likeness (QED) is 0.792. The lowest BCUT2D eigenvalue weighted by Gasteiger charge is -2.30. The predicted molar refractivity (Wildman–Crippen MR) is 76.2 cm³/mol. The number of nitrogens with two attached hydrogens (primary N) is 1. The minimum absolute atomic E-state index is 0.274. The first kappa shape index (κ1) is 15.5. The van der Waals surface area contributed by atoms with E-state index in [1.807, 2.05) is 11.9 Å². The SMILES string of the molecule is CC(C)CCN(C)C(=O)C1CCC(CCN)CC1. The standard InChI is InChI=1S/C15H30N2O/c1-12(2)9-11-17(3)15(18)14-6-4-13(5-7-14)8-10-16/h12-14H,4-11,16H2,1-3H3. The zero-order valence-corrected chi connectivity index (χ0v) is 12.3. The summed E-state index contributed by atoms with van der Waals surface area (Å²) in [7, 11) is 1.96. The van der Waals surface area contributed by atoms with Gasteiger partial charge in [-0.25, -0.2) is 0 Å². The van der Waals surface area contributed by atoms with Crippen LogP contribution >= 0.6 is 0 Å². The summed E-state index contributed by atoms with van der Waals surface area (Å²) in [5.41, 5.74) is 5.59. The maximum absolute atomic E-state index is 12.3. The number of rotatable bonds is 6. The Morgan fingerprint density at radius 2 is 1.89 bits per heavy atom. The van der Waals surface area contributed by atoms with Crippen molar-refractivity contribution in [2.24, 2.45) is 23.5 Å². The van der Waals surface area contributed by atoms with Crippen molar-refractivity contribution in [1.29, 1.82) is 0 Å². The fourth-order valence-corrected chi connectivity index (χ4v) is 2.81. The van der Waals surface area contributed by atoms with Crippen LogP contribution in [0.5, 0.6) is 0 Å². The molecule has 0 aromatic heterocycles. The Bertz CT molecular complexity index is 245. The van der Waals surface area contributed by atoms with Crippen molar-refractivity contribution in [3.05, 3.63) is 0 Å². The number of carbonyl (C=O) groups is 1. The highest BCUT2D eigenvalue weighted by Crippen LogP contribution is 2.31. The molecule has 0 aliphatic heterocycles. The lowest BCUT2D eigenvalue weighted by Crippen LogP contribution is -2.36. The van der Waals surface area contributed by atoms with Gasteiger partial charge in [0.25, 0.3) is 0 Å². The van der Waals surface area contributed by atoms with Crippen LogP contribution in [0.1, 0.15) is 52.4 Å². The van der Waals surface area contributed by atoms with E-state index >= 15 is 0 Å². The fraction of sp³-hybridized carbons (Fsp3) is 0.933. The molecule has 1 amide bonds. The van der Waals surface area contributed by atoms with Crippen LogP contribution in [0, 0.1) is 17.8 Å². The third-order valence-corrected chi connectivity index (χ3v) is 4.19. The largest absolute Gasteiger partial charge is 0.346 e. The summed E-state index contributed by atoms with van der Waals surface area (Å²) < 4.78 is 0. The highest BCUT2D eigenvalue weighted by atomic mass is 16.2. The normalized spacial score (nSPS) is 24.3. The van der Waals surface area contributed by atoms with Gasteiger partial charge in [0, 0.05) is 19.5 Å². The van der Waals surface area contributed by atoms with Crippen molar-refractivity contribution >= 4 is 5.91 Å². The van der Waals surface area contributed by atoms with Crippen molar-refractivity contribution in [2.45, 2.75) is 52.4 Å². The van der Waals surface area contributed by atoms with Gasteiger partial charge in [0.2, 0.25) is 5.91 Å². The highest BCUT2D eigenvalue weighted by molar-refractivity contribution is 5.78. The molecule has 0 bridgehead atoms. The Morgan fingerprint density at radius 3 is 2.39 bits per heavy atom. The average Bonchev–Trinajstić information content (AvgIpc) is 2.36. The van der Waals surface area contributed by atoms with Gasteiger partial charge in [0.1, 0.15) is 0 Å². The van der Waals surface area contributed by atoms with Gasteiger partial charge in [-0.1, -0.05) is 13.8 Å². The minimum Gasteiger partial charge on any atom is -0.346 e. The van der Waals surface area contributed by atoms with Crippen LogP contribution in [0.2, 0.25) is 0 Å². The molecule has 1 fully saturated rings. The van der Waals surface area contributed by atoms with E-state index in [0.29, 0.717) is 11.8 Å². The van der Waals surface area contributed by atoms with Crippen LogP contribution in [-0.2, 0) is 4.79 Å². The summed E-state index contributed by atoms with van der Waals surface area (Å²) in [6.07, 6.45) is 6.73. The lowest BCUT2D eigenvalue weighted by molar-refractivity contribution is -0.135. The van der Waals surface area contributed by atoms with Crippen LogP contribution in [0.4, 0.5) is 0 Å². The zero-order valence-electron chi connectivity index (χ0n) is 12.3. The molecule has 0 atom stereocenters. The molecule has 0 unspecified atom stereocenters. The monoisotopic (exact) mass is 254 g/mol. The smallest absolute Gasteiger partial charge is 0.225 e. The molecular weight excluding hydrogens is 224 g/mol. The van der Waals surface area contributed by atoms with E-state index in [2.05, 4.69) is 13.8 Å². The van der Waals surface area contributed by atoms with Crippen LogP contribution in [0.25, 0.3) is 0 Å². The first-order valence-electron chi connectivity index (χ1n) is 7.49. The molecule has 2 N–H and O–H groups in total. The highest BCUT2D eigenvalue weighted by Gasteiger charge is 2.27. The van der Waals surface area contributed by atoms with Crippen LogP contribution in [-0.4, -0.2) is 30.9 Å². The minimum atomic E-state index is 0.274.